The van der Waals surface area contributed by atoms with Gasteiger partial charge in [-0.1, -0.05) is 29.3 Å². The summed E-state index contributed by atoms with van der Waals surface area (Å²) in [5.41, 5.74) is 10.2. The van der Waals surface area contributed by atoms with Crippen LogP contribution in [0, 0.1) is 0 Å². The highest BCUT2D eigenvalue weighted by molar-refractivity contribution is 7.13. The number of H-pyrrole nitrogens is 1. The fraction of sp³-hybridized carbons (Fsp3) is 0. The number of nitrogens with two attached hydrogens (primary N) is 1. The first-order chi connectivity index (χ1) is 9.16. The number of nitrogens with zero attached hydrogens (tertiary/aromatic N) is 2. The Morgan fingerprint density at radius 3 is 2.74 bits per heavy atom. The van der Waals surface area contributed by atoms with Crippen LogP contribution in [0.3, 0.4) is 0 Å². The number of thiazole rings is 1. The number of nitrogens with one attached hydrogen (secondary N) is 1. The summed E-state index contributed by atoms with van der Waals surface area (Å²) in [7, 11) is 0. The first kappa shape index (κ1) is 12.5. The predicted octanol–water partition coefficient (Wildman–Crippen LogP) is 4.09. The van der Waals surface area contributed by atoms with Crippen LogP contribution >= 0.6 is 34.5 Å². The Labute approximate surface area is 123 Å². The molecule has 7 heteroatoms. The van der Waals surface area contributed by atoms with Crippen molar-refractivity contribution in [2.75, 3.05) is 5.73 Å². The van der Waals surface area contributed by atoms with Crippen LogP contribution in [0.15, 0.2) is 29.9 Å². The van der Waals surface area contributed by atoms with Gasteiger partial charge in [0.25, 0.3) is 0 Å². The molecule has 0 spiro atoms. The quantitative estimate of drug-likeness (QED) is 0.749. The normalized spacial score (nSPS) is 10.8. The maximum Gasteiger partial charge on any atom is 0.153 e. The fourth-order valence-electron chi connectivity index (χ4n) is 1.82. The second kappa shape index (κ2) is 4.85. The van der Waals surface area contributed by atoms with Crippen molar-refractivity contribution in [3.05, 3.63) is 40.0 Å². The maximum atomic E-state index is 6.05. The number of rotatable bonds is 2. The molecule has 3 N–H and O–H groups in total. The van der Waals surface area contributed by atoms with E-state index in [1.54, 1.807) is 23.8 Å². The van der Waals surface area contributed by atoms with Crippen LogP contribution in [0.1, 0.15) is 0 Å². The van der Waals surface area contributed by atoms with Crippen LogP contribution in [-0.2, 0) is 0 Å². The molecule has 0 saturated heterocycles. The summed E-state index contributed by atoms with van der Waals surface area (Å²) in [6.07, 6.45) is 1.76. The van der Waals surface area contributed by atoms with E-state index in [2.05, 4.69) is 15.2 Å². The molecule has 0 unspecified atom stereocenters. The summed E-state index contributed by atoms with van der Waals surface area (Å²) >= 11 is 13.5. The van der Waals surface area contributed by atoms with Crippen molar-refractivity contribution in [3.8, 4) is 21.7 Å². The lowest BCUT2D eigenvalue weighted by atomic mass is 10.1. The smallest absolute Gasteiger partial charge is 0.153 e. The van der Waals surface area contributed by atoms with Gasteiger partial charge in [0.15, 0.2) is 5.82 Å². The summed E-state index contributed by atoms with van der Waals surface area (Å²) in [6, 6.07) is 5.37. The van der Waals surface area contributed by atoms with Gasteiger partial charge in [0.1, 0.15) is 0 Å². The molecule has 3 aromatic rings. The number of anilines is 1. The molecule has 0 fully saturated rings. The first-order valence-electron chi connectivity index (χ1n) is 5.35. The summed E-state index contributed by atoms with van der Waals surface area (Å²) in [5, 5.41) is 7.97. The molecule has 0 bridgehead atoms. The van der Waals surface area contributed by atoms with E-state index in [0.717, 1.165) is 21.7 Å². The van der Waals surface area contributed by atoms with Crippen molar-refractivity contribution in [1.82, 2.24) is 15.2 Å². The van der Waals surface area contributed by atoms with Gasteiger partial charge < -0.3 is 5.73 Å². The SMILES string of the molecule is Nc1n[nH]c(-c2cncs2)c1-c1ccc(Cl)c(Cl)c1. The van der Waals surface area contributed by atoms with Gasteiger partial charge in [-0.05, 0) is 17.7 Å². The highest BCUT2D eigenvalue weighted by atomic mass is 35.5. The molecule has 3 rings (SSSR count). The molecule has 0 amide bonds. The van der Waals surface area contributed by atoms with Crippen LogP contribution in [0.5, 0.6) is 0 Å². The average Bonchev–Trinajstić information content (AvgIpc) is 3.01. The molecule has 0 aliphatic carbocycles. The van der Waals surface area contributed by atoms with Gasteiger partial charge in [-0.15, -0.1) is 11.3 Å². The molecular weight excluding hydrogens is 303 g/mol. The summed E-state index contributed by atoms with van der Waals surface area (Å²) < 4.78 is 0. The predicted molar refractivity (Wildman–Crippen MR) is 79.6 cm³/mol. The van der Waals surface area contributed by atoms with Crippen molar-refractivity contribution < 1.29 is 0 Å². The first-order valence-corrected chi connectivity index (χ1v) is 6.98. The number of hydrogen-bond donors (Lipinski definition) is 2. The van der Waals surface area contributed by atoms with Crippen molar-refractivity contribution >= 4 is 40.4 Å². The van der Waals surface area contributed by atoms with Crippen molar-refractivity contribution in [2.45, 2.75) is 0 Å². The Balaban J connectivity index is 2.19. The molecule has 0 atom stereocenters. The minimum absolute atomic E-state index is 0.418. The van der Waals surface area contributed by atoms with Gasteiger partial charge in [-0.25, -0.2) is 0 Å². The van der Waals surface area contributed by atoms with Gasteiger partial charge in [0.2, 0.25) is 0 Å². The Morgan fingerprint density at radius 1 is 1.21 bits per heavy atom. The van der Waals surface area contributed by atoms with Crippen LogP contribution in [0.4, 0.5) is 5.82 Å². The van der Waals surface area contributed by atoms with Gasteiger partial charge in [0, 0.05) is 6.20 Å². The molecule has 96 valence electrons. The monoisotopic (exact) mass is 310 g/mol. The van der Waals surface area contributed by atoms with Gasteiger partial charge in [0.05, 0.1) is 31.7 Å². The van der Waals surface area contributed by atoms with Crippen LogP contribution < -0.4 is 5.73 Å². The third-order valence-corrected chi connectivity index (χ3v) is 4.21. The fourth-order valence-corrected chi connectivity index (χ4v) is 2.74. The van der Waals surface area contributed by atoms with Gasteiger partial charge in [-0.3, -0.25) is 10.1 Å². The number of nitrogen functional groups attached to an aromatic ring is 1. The molecule has 0 aliphatic heterocycles. The molecule has 0 saturated carbocycles. The zero-order valence-electron chi connectivity index (χ0n) is 9.52. The van der Waals surface area contributed by atoms with E-state index in [0.29, 0.717) is 15.9 Å². The Morgan fingerprint density at radius 2 is 2.05 bits per heavy atom. The topological polar surface area (TPSA) is 67.6 Å². The number of halogens is 2. The average molecular weight is 311 g/mol. The third kappa shape index (κ3) is 2.20. The Bertz CT molecular complexity index is 721. The molecule has 0 aliphatic rings. The van der Waals surface area contributed by atoms with E-state index < -0.39 is 0 Å². The molecule has 2 heterocycles. The largest absolute Gasteiger partial charge is 0.382 e. The second-order valence-corrected chi connectivity index (χ2v) is 5.55. The van der Waals surface area contributed by atoms with E-state index in [4.69, 9.17) is 28.9 Å². The van der Waals surface area contributed by atoms with E-state index in [9.17, 15) is 0 Å². The summed E-state index contributed by atoms with van der Waals surface area (Å²) in [4.78, 5) is 5.02. The van der Waals surface area contributed by atoms with E-state index in [1.165, 1.54) is 11.3 Å². The van der Waals surface area contributed by atoms with Crippen molar-refractivity contribution in [3.63, 3.8) is 0 Å². The van der Waals surface area contributed by atoms with Gasteiger partial charge >= 0.3 is 0 Å². The number of hydrogen-bond acceptors (Lipinski definition) is 4. The molecule has 2 aromatic heterocycles. The van der Waals surface area contributed by atoms with E-state index in [-0.39, 0.29) is 0 Å². The Hall–Kier alpha value is -1.56. The minimum atomic E-state index is 0.418. The van der Waals surface area contributed by atoms with Gasteiger partial charge in [-0.2, -0.15) is 5.10 Å². The summed E-state index contributed by atoms with van der Waals surface area (Å²) in [5.74, 6) is 0.418. The standard InChI is InChI=1S/C12H8Cl2N4S/c13-7-2-1-6(3-8(7)14)10-11(17-18-12(10)15)9-4-16-5-19-9/h1-5H,(H3,15,17,18). The number of aromatic nitrogens is 3. The molecular formula is C12H8Cl2N4S. The highest BCUT2D eigenvalue weighted by Crippen LogP contribution is 2.38. The molecule has 0 radical (unpaired) electrons. The lowest BCUT2D eigenvalue weighted by Gasteiger charge is -2.04. The number of benzene rings is 1. The van der Waals surface area contributed by atoms with Crippen LogP contribution in [0.25, 0.3) is 21.7 Å². The summed E-state index contributed by atoms with van der Waals surface area (Å²) in [6.45, 7) is 0. The maximum absolute atomic E-state index is 6.05. The van der Waals surface area contributed by atoms with Crippen molar-refractivity contribution in [1.29, 1.82) is 0 Å². The number of aromatic amines is 1. The van der Waals surface area contributed by atoms with Crippen molar-refractivity contribution in [2.24, 2.45) is 0 Å². The van der Waals surface area contributed by atoms with E-state index in [1.807, 2.05) is 6.07 Å². The zero-order chi connectivity index (χ0) is 13.4. The molecule has 19 heavy (non-hydrogen) atoms. The van der Waals surface area contributed by atoms with E-state index >= 15 is 0 Å². The Kier molecular flexibility index (Phi) is 3.18. The highest BCUT2D eigenvalue weighted by Gasteiger charge is 2.16. The lowest BCUT2D eigenvalue weighted by Crippen LogP contribution is -1.88. The third-order valence-electron chi connectivity index (χ3n) is 2.68. The van der Waals surface area contributed by atoms with Crippen LogP contribution in [0.2, 0.25) is 10.0 Å². The molecule has 1 aromatic carbocycles. The second-order valence-electron chi connectivity index (χ2n) is 3.85. The lowest BCUT2D eigenvalue weighted by molar-refractivity contribution is 1.10. The zero-order valence-corrected chi connectivity index (χ0v) is 11.9. The minimum Gasteiger partial charge on any atom is -0.382 e. The van der Waals surface area contributed by atoms with Crippen LogP contribution in [-0.4, -0.2) is 15.2 Å². The molecule has 4 nitrogen and oxygen atoms in total.